The number of piperazine rings is 1. The van der Waals surface area contributed by atoms with Crippen molar-refractivity contribution in [3.8, 4) is 0 Å². The summed E-state index contributed by atoms with van der Waals surface area (Å²) >= 11 is 0. The summed E-state index contributed by atoms with van der Waals surface area (Å²) in [6.45, 7) is 9.60. The average Bonchev–Trinajstić information content (AvgIpc) is 2.44. The van der Waals surface area contributed by atoms with Crippen LogP contribution < -0.4 is 5.32 Å². The van der Waals surface area contributed by atoms with Gasteiger partial charge in [-0.3, -0.25) is 4.90 Å². The Morgan fingerprint density at radius 2 is 2.15 bits per heavy atom. The van der Waals surface area contributed by atoms with E-state index >= 15 is 0 Å². The van der Waals surface area contributed by atoms with Gasteiger partial charge in [-0.1, -0.05) is 26.3 Å². The number of nitrogens with one attached hydrogen (secondary N) is 1. The molecule has 1 aromatic carbocycles. The number of benzene rings is 1. The van der Waals surface area contributed by atoms with Gasteiger partial charge < -0.3 is 5.32 Å². The first-order valence-electron chi connectivity index (χ1n) is 7.86. The zero-order valence-electron chi connectivity index (χ0n) is 13.0. The van der Waals surface area contributed by atoms with Gasteiger partial charge in [0.15, 0.2) is 0 Å². The van der Waals surface area contributed by atoms with Gasteiger partial charge in [-0.05, 0) is 43.0 Å². The topological polar surface area (TPSA) is 15.3 Å². The van der Waals surface area contributed by atoms with E-state index in [-0.39, 0.29) is 5.82 Å². The van der Waals surface area contributed by atoms with Crippen LogP contribution in [-0.4, -0.2) is 30.1 Å². The van der Waals surface area contributed by atoms with Crippen molar-refractivity contribution >= 4 is 0 Å². The normalized spacial score (nSPS) is 24.0. The second kappa shape index (κ2) is 7.19. The van der Waals surface area contributed by atoms with Crippen LogP contribution in [0.2, 0.25) is 0 Å². The molecule has 0 amide bonds. The van der Waals surface area contributed by atoms with Crippen molar-refractivity contribution in [3.63, 3.8) is 0 Å². The molecule has 1 fully saturated rings. The molecule has 0 saturated carbocycles. The SMILES string of the molecule is CCCC1CNC(CC)CN1Cc1ccc(F)cc1C. The molecule has 1 aliphatic rings. The van der Waals surface area contributed by atoms with E-state index in [1.54, 1.807) is 12.1 Å². The molecule has 0 radical (unpaired) electrons. The number of nitrogens with zero attached hydrogens (tertiary/aromatic N) is 1. The molecule has 0 aliphatic carbocycles. The molecule has 1 saturated heterocycles. The summed E-state index contributed by atoms with van der Waals surface area (Å²) in [6.07, 6.45) is 3.60. The quantitative estimate of drug-likeness (QED) is 0.887. The highest BCUT2D eigenvalue weighted by molar-refractivity contribution is 5.26. The molecule has 1 heterocycles. The summed E-state index contributed by atoms with van der Waals surface area (Å²) in [5, 5.41) is 3.64. The van der Waals surface area contributed by atoms with Crippen LogP contribution in [0.5, 0.6) is 0 Å². The second-order valence-electron chi connectivity index (χ2n) is 5.96. The van der Waals surface area contributed by atoms with E-state index in [1.165, 1.54) is 18.4 Å². The Hall–Kier alpha value is -0.930. The maximum Gasteiger partial charge on any atom is 0.123 e. The summed E-state index contributed by atoms with van der Waals surface area (Å²) < 4.78 is 13.2. The summed E-state index contributed by atoms with van der Waals surface area (Å²) in [7, 11) is 0. The van der Waals surface area contributed by atoms with Gasteiger partial charge in [-0.15, -0.1) is 0 Å². The van der Waals surface area contributed by atoms with Crippen LogP contribution in [0.3, 0.4) is 0 Å². The molecular formula is C17H27FN2. The van der Waals surface area contributed by atoms with Crippen LogP contribution in [0.25, 0.3) is 0 Å². The van der Waals surface area contributed by atoms with E-state index in [1.807, 2.05) is 13.0 Å². The zero-order valence-corrected chi connectivity index (χ0v) is 13.0. The zero-order chi connectivity index (χ0) is 14.5. The molecule has 2 unspecified atom stereocenters. The van der Waals surface area contributed by atoms with E-state index < -0.39 is 0 Å². The van der Waals surface area contributed by atoms with Crippen molar-refractivity contribution in [2.75, 3.05) is 13.1 Å². The minimum absolute atomic E-state index is 0.136. The fourth-order valence-corrected chi connectivity index (χ4v) is 3.07. The van der Waals surface area contributed by atoms with Crippen LogP contribution >= 0.6 is 0 Å². The minimum Gasteiger partial charge on any atom is -0.311 e. The molecule has 0 aromatic heterocycles. The van der Waals surface area contributed by atoms with Crippen LogP contribution in [0.1, 0.15) is 44.2 Å². The van der Waals surface area contributed by atoms with E-state index in [0.717, 1.165) is 31.6 Å². The van der Waals surface area contributed by atoms with Gasteiger partial charge in [0.1, 0.15) is 5.82 Å². The lowest BCUT2D eigenvalue weighted by molar-refractivity contribution is 0.113. The Bertz CT molecular complexity index is 433. The summed E-state index contributed by atoms with van der Waals surface area (Å²) in [5.41, 5.74) is 2.32. The van der Waals surface area contributed by atoms with Gasteiger partial charge in [0.2, 0.25) is 0 Å². The molecular weight excluding hydrogens is 251 g/mol. The molecule has 112 valence electrons. The molecule has 3 heteroatoms. The molecule has 2 nitrogen and oxygen atoms in total. The second-order valence-corrected chi connectivity index (χ2v) is 5.96. The highest BCUT2D eigenvalue weighted by Crippen LogP contribution is 2.19. The summed E-state index contributed by atoms with van der Waals surface area (Å²) in [6, 6.07) is 6.35. The fourth-order valence-electron chi connectivity index (χ4n) is 3.07. The summed E-state index contributed by atoms with van der Waals surface area (Å²) in [4.78, 5) is 2.58. The first-order valence-corrected chi connectivity index (χ1v) is 7.86. The van der Waals surface area contributed by atoms with Gasteiger partial charge >= 0.3 is 0 Å². The lowest BCUT2D eigenvalue weighted by atomic mass is 10.0. The molecule has 0 spiro atoms. The van der Waals surface area contributed by atoms with Gasteiger partial charge in [0, 0.05) is 31.7 Å². The van der Waals surface area contributed by atoms with Crippen molar-refractivity contribution in [2.24, 2.45) is 0 Å². The van der Waals surface area contributed by atoms with Crippen molar-refractivity contribution < 1.29 is 4.39 Å². The lowest BCUT2D eigenvalue weighted by Crippen LogP contribution is -2.55. The van der Waals surface area contributed by atoms with E-state index in [0.29, 0.717) is 12.1 Å². The number of aryl methyl sites for hydroxylation is 1. The Labute approximate surface area is 122 Å². The third kappa shape index (κ3) is 3.80. The van der Waals surface area contributed by atoms with Crippen molar-refractivity contribution in [3.05, 3.63) is 35.1 Å². The molecule has 2 atom stereocenters. The Balaban J connectivity index is 2.09. The van der Waals surface area contributed by atoms with E-state index in [4.69, 9.17) is 0 Å². The predicted octanol–water partition coefficient (Wildman–Crippen LogP) is 3.49. The van der Waals surface area contributed by atoms with Crippen molar-refractivity contribution in [1.29, 1.82) is 0 Å². The standard InChI is InChI=1S/C17H27FN2/c1-4-6-17-10-19-16(5-2)12-20(17)11-14-7-8-15(18)9-13(14)3/h7-9,16-17,19H,4-6,10-12H2,1-3H3. The first-order chi connectivity index (χ1) is 9.63. The summed E-state index contributed by atoms with van der Waals surface area (Å²) in [5.74, 6) is -0.136. The Kier molecular flexibility index (Phi) is 5.55. The molecule has 1 N–H and O–H groups in total. The molecule has 20 heavy (non-hydrogen) atoms. The molecule has 2 rings (SSSR count). The van der Waals surface area contributed by atoms with Crippen LogP contribution in [0.4, 0.5) is 4.39 Å². The number of halogens is 1. The highest BCUT2D eigenvalue weighted by atomic mass is 19.1. The highest BCUT2D eigenvalue weighted by Gasteiger charge is 2.26. The van der Waals surface area contributed by atoms with Crippen molar-refractivity contribution in [1.82, 2.24) is 10.2 Å². The Morgan fingerprint density at radius 1 is 1.35 bits per heavy atom. The van der Waals surface area contributed by atoms with Crippen LogP contribution in [-0.2, 0) is 6.54 Å². The first kappa shape index (κ1) is 15.5. The average molecular weight is 278 g/mol. The molecule has 1 aliphatic heterocycles. The minimum atomic E-state index is -0.136. The van der Waals surface area contributed by atoms with Gasteiger partial charge in [-0.25, -0.2) is 4.39 Å². The monoisotopic (exact) mass is 278 g/mol. The largest absolute Gasteiger partial charge is 0.311 e. The van der Waals surface area contributed by atoms with E-state index in [9.17, 15) is 4.39 Å². The smallest absolute Gasteiger partial charge is 0.123 e. The third-order valence-electron chi connectivity index (χ3n) is 4.41. The number of rotatable bonds is 5. The molecule has 1 aromatic rings. The van der Waals surface area contributed by atoms with Crippen molar-refractivity contribution in [2.45, 2.75) is 58.7 Å². The third-order valence-corrected chi connectivity index (χ3v) is 4.41. The number of hydrogen-bond donors (Lipinski definition) is 1. The Morgan fingerprint density at radius 3 is 2.80 bits per heavy atom. The van der Waals surface area contributed by atoms with Crippen LogP contribution in [0, 0.1) is 12.7 Å². The fraction of sp³-hybridized carbons (Fsp3) is 0.647. The van der Waals surface area contributed by atoms with Gasteiger partial charge in [-0.2, -0.15) is 0 Å². The predicted molar refractivity (Wildman–Crippen MR) is 82.3 cm³/mol. The maximum atomic E-state index is 13.2. The lowest BCUT2D eigenvalue weighted by Gasteiger charge is -2.40. The van der Waals surface area contributed by atoms with Gasteiger partial charge in [0.25, 0.3) is 0 Å². The maximum absolute atomic E-state index is 13.2. The van der Waals surface area contributed by atoms with Crippen LogP contribution in [0.15, 0.2) is 18.2 Å². The van der Waals surface area contributed by atoms with Gasteiger partial charge in [0.05, 0.1) is 0 Å². The number of hydrogen-bond acceptors (Lipinski definition) is 2. The van der Waals surface area contributed by atoms with E-state index in [2.05, 4.69) is 24.1 Å². The molecule has 0 bridgehead atoms.